The molecule has 0 bridgehead atoms. The average molecular weight is 256 g/mol. The van der Waals surface area contributed by atoms with Crippen LogP contribution in [0.4, 0.5) is 0 Å². The monoisotopic (exact) mass is 256 g/mol. The lowest BCUT2D eigenvalue weighted by Crippen LogP contribution is -2.30. The van der Waals surface area contributed by atoms with Crippen LogP contribution in [0, 0.1) is 17.8 Å². The van der Waals surface area contributed by atoms with E-state index in [9.17, 15) is 4.79 Å². The minimum atomic E-state index is -0.374. The predicted octanol–water partition coefficient (Wildman–Crippen LogP) is 4.84. The highest BCUT2D eigenvalue weighted by Gasteiger charge is 2.26. The van der Waals surface area contributed by atoms with Crippen molar-refractivity contribution in [2.45, 2.75) is 66.9 Å². The first-order valence-corrected chi connectivity index (χ1v) is 6.90. The third-order valence-corrected chi connectivity index (χ3v) is 3.10. The molecule has 0 rings (SSSR count). The molecule has 0 amide bonds. The van der Waals surface area contributed by atoms with Gasteiger partial charge in [0, 0.05) is 0 Å². The number of carbonyl (C=O) groups excluding carboxylic acids is 1. The average Bonchev–Trinajstić information content (AvgIpc) is 2.28. The second-order valence-corrected chi connectivity index (χ2v) is 6.05. The molecule has 0 spiro atoms. The highest BCUT2D eigenvalue weighted by molar-refractivity contribution is 5.72. The molecule has 0 aromatic heterocycles. The zero-order valence-corrected chi connectivity index (χ0v) is 13.4. The molecule has 0 aliphatic carbocycles. The lowest BCUT2D eigenvalue weighted by atomic mass is 9.86. The van der Waals surface area contributed by atoms with Crippen molar-refractivity contribution in [2.24, 2.45) is 17.8 Å². The summed E-state index contributed by atoms with van der Waals surface area (Å²) in [6.45, 7) is 20.3. The van der Waals surface area contributed by atoms with Crippen molar-refractivity contribution in [1.82, 2.24) is 0 Å². The molecule has 0 N–H and O–H groups in total. The third kappa shape index (κ3) is 9.26. The Morgan fingerprint density at radius 1 is 1.17 bits per heavy atom. The van der Waals surface area contributed by atoms with Gasteiger partial charge in [0.05, 0.1) is 5.92 Å². The van der Waals surface area contributed by atoms with Gasteiger partial charge in [0.25, 0.3) is 0 Å². The van der Waals surface area contributed by atoms with Crippen LogP contribution in [0.15, 0.2) is 13.2 Å². The van der Waals surface area contributed by atoms with E-state index in [1.807, 2.05) is 27.7 Å². The smallest absolute Gasteiger partial charge is 0.309 e. The standard InChI is InChI=1S/C14H28O2.C2H4/c1-8-10(2)9-11(3)12(4)13(15)16-14(5,6)7;1-2/h10-12H,8-9H2,1-7H3;1-2H2. The topological polar surface area (TPSA) is 26.3 Å². The largest absolute Gasteiger partial charge is 0.460 e. The van der Waals surface area contributed by atoms with E-state index in [1.165, 1.54) is 6.42 Å². The molecule has 0 aromatic rings. The summed E-state index contributed by atoms with van der Waals surface area (Å²) in [4.78, 5) is 11.8. The minimum absolute atomic E-state index is 0.00627. The maximum Gasteiger partial charge on any atom is 0.309 e. The van der Waals surface area contributed by atoms with Crippen LogP contribution >= 0.6 is 0 Å². The summed E-state index contributed by atoms with van der Waals surface area (Å²) in [7, 11) is 0. The first-order valence-electron chi connectivity index (χ1n) is 6.90. The number of rotatable bonds is 5. The zero-order chi connectivity index (χ0) is 14.9. The maximum absolute atomic E-state index is 11.8. The second kappa shape index (κ2) is 9.18. The second-order valence-electron chi connectivity index (χ2n) is 6.05. The molecule has 0 saturated carbocycles. The molecule has 0 aromatic carbocycles. The Kier molecular flexibility index (Phi) is 9.97. The number of hydrogen-bond donors (Lipinski definition) is 0. The molecular formula is C16H32O2. The van der Waals surface area contributed by atoms with Crippen LogP contribution < -0.4 is 0 Å². The number of carbonyl (C=O) groups is 1. The summed E-state index contributed by atoms with van der Waals surface area (Å²) in [6.07, 6.45) is 2.27. The van der Waals surface area contributed by atoms with Gasteiger partial charge in [-0.3, -0.25) is 4.79 Å². The summed E-state index contributed by atoms with van der Waals surface area (Å²) in [5.74, 6) is 1.00. The van der Waals surface area contributed by atoms with Crippen LogP contribution in [0.3, 0.4) is 0 Å². The summed E-state index contributed by atoms with van der Waals surface area (Å²) < 4.78 is 5.40. The van der Waals surface area contributed by atoms with E-state index in [-0.39, 0.29) is 17.5 Å². The Balaban J connectivity index is 0. The van der Waals surface area contributed by atoms with Gasteiger partial charge in [0.15, 0.2) is 0 Å². The van der Waals surface area contributed by atoms with Gasteiger partial charge in [0.2, 0.25) is 0 Å². The summed E-state index contributed by atoms with van der Waals surface area (Å²) >= 11 is 0. The zero-order valence-electron chi connectivity index (χ0n) is 13.4. The summed E-state index contributed by atoms with van der Waals surface area (Å²) in [5.41, 5.74) is -0.374. The molecule has 0 fully saturated rings. The van der Waals surface area contributed by atoms with Gasteiger partial charge in [-0.15, -0.1) is 13.2 Å². The van der Waals surface area contributed by atoms with Crippen LogP contribution in [0.5, 0.6) is 0 Å². The van der Waals surface area contributed by atoms with Gasteiger partial charge in [-0.25, -0.2) is 0 Å². The number of hydrogen-bond acceptors (Lipinski definition) is 2. The van der Waals surface area contributed by atoms with Crippen molar-refractivity contribution in [2.75, 3.05) is 0 Å². The summed E-state index contributed by atoms with van der Waals surface area (Å²) in [6, 6.07) is 0. The highest BCUT2D eigenvalue weighted by atomic mass is 16.6. The van der Waals surface area contributed by atoms with E-state index in [4.69, 9.17) is 4.74 Å². The van der Waals surface area contributed by atoms with E-state index in [2.05, 4.69) is 33.9 Å². The van der Waals surface area contributed by atoms with Crippen molar-refractivity contribution in [3.63, 3.8) is 0 Å². The van der Waals surface area contributed by atoms with Crippen LogP contribution in [-0.2, 0) is 9.53 Å². The molecular weight excluding hydrogens is 224 g/mol. The number of ether oxygens (including phenoxy) is 1. The van der Waals surface area contributed by atoms with Crippen LogP contribution in [-0.4, -0.2) is 11.6 Å². The van der Waals surface area contributed by atoms with Crippen molar-refractivity contribution in [3.05, 3.63) is 13.2 Å². The molecule has 0 heterocycles. The van der Waals surface area contributed by atoms with E-state index in [0.717, 1.165) is 6.42 Å². The predicted molar refractivity (Wildman–Crippen MR) is 79.5 cm³/mol. The molecule has 2 nitrogen and oxygen atoms in total. The molecule has 0 radical (unpaired) electrons. The Labute approximate surface area is 114 Å². The molecule has 3 unspecified atom stereocenters. The molecule has 18 heavy (non-hydrogen) atoms. The van der Waals surface area contributed by atoms with Gasteiger partial charge in [-0.05, 0) is 39.0 Å². The Morgan fingerprint density at radius 2 is 1.61 bits per heavy atom. The first-order chi connectivity index (χ1) is 8.17. The first kappa shape index (κ1) is 19.5. The molecule has 0 aliphatic rings. The Morgan fingerprint density at radius 3 is 1.94 bits per heavy atom. The van der Waals surface area contributed by atoms with Gasteiger partial charge >= 0.3 is 5.97 Å². The fourth-order valence-corrected chi connectivity index (χ4v) is 1.63. The molecule has 0 saturated heterocycles. The van der Waals surface area contributed by atoms with Crippen molar-refractivity contribution >= 4 is 5.97 Å². The molecule has 2 heteroatoms. The third-order valence-electron chi connectivity index (χ3n) is 3.10. The molecule has 0 aliphatic heterocycles. The molecule has 3 atom stereocenters. The lowest BCUT2D eigenvalue weighted by Gasteiger charge is -2.26. The van der Waals surface area contributed by atoms with Crippen molar-refractivity contribution in [3.8, 4) is 0 Å². The fourth-order valence-electron chi connectivity index (χ4n) is 1.63. The van der Waals surface area contributed by atoms with Gasteiger partial charge in [0.1, 0.15) is 5.60 Å². The van der Waals surface area contributed by atoms with Gasteiger partial charge in [-0.1, -0.05) is 34.1 Å². The van der Waals surface area contributed by atoms with E-state index < -0.39 is 0 Å². The normalized spacial score (nSPS) is 15.9. The highest BCUT2D eigenvalue weighted by Crippen LogP contribution is 2.24. The van der Waals surface area contributed by atoms with Crippen LogP contribution in [0.2, 0.25) is 0 Å². The lowest BCUT2D eigenvalue weighted by molar-refractivity contribution is -0.161. The minimum Gasteiger partial charge on any atom is -0.460 e. The fraction of sp³-hybridized carbons (Fsp3) is 0.812. The van der Waals surface area contributed by atoms with Crippen LogP contribution in [0.25, 0.3) is 0 Å². The maximum atomic E-state index is 11.8. The van der Waals surface area contributed by atoms with Gasteiger partial charge < -0.3 is 4.74 Å². The van der Waals surface area contributed by atoms with E-state index in [0.29, 0.717) is 11.8 Å². The van der Waals surface area contributed by atoms with E-state index in [1.54, 1.807) is 0 Å². The number of esters is 1. The van der Waals surface area contributed by atoms with E-state index >= 15 is 0 Å². The van der Waals surface area contributed by atoms with Crippen molar-refractivity contribution in [1.29, 1.82) is 0 Å². The van der Waals surface area contributed by atoms with Crippen molar-refractivity contribution < 1.29 is 9.53 Å². The quantitative estimate of drug-likeness (QED) is 0.520. The SMILES string of the molecule is C=C.CCC(C)CC(C)C(C)C(=O)OC(C)(C)C. The Hall–Kier alpha value is -0.790. The van der Waals surface area contributed by atoms with Gasteiger partial charge in [-0.2, -0.15) is 0 Å². The molecule has 108 valence electrons. The Bertz CT molecular complexity index is 228. The summed E-state index contributed by atoms with van der Waals surface area (Å²) in [5, 5.41) is 0. The van der Waals surface area contributed by atoms with Crippen LogP contribution in [0.1, 0.15) is 61.3 Å².